The number of rotatable bonds is 3. The fourth-order valence-corrected chi connectivity index (χ4v) is 3.60. The van der Waals surface area contributed by atoms with Crippen molar-refractivity contribution in [3.63, 3.8) is 0 Å². The van der Waals surface area contributed by atoms with Crippen molar-refractivity contribution in [1.29, 1.82) is 0 Å². The zero-order valence-electron chi connectivity index (χ0n) is 11.6. The number of amides is 1. The van der Waals surface area contributed by atoms with Gasteiger partial charge >= 0.3 is 0 Å². The highest BCUT2D eigenvalue weighted by Gasteiger charge is 2.27. The van der Waals surface area contributed by atoms with Crippen LogP contribution in [0.2, 0.25) is 0 Å². The minimum atomic E-state index is 0.138. The second-order valence-corrected chi connectivity index (χ2v) is 6.37. The summed E-state index contributed by atoms with van der Waals surface area (Å²) in [5.74, 6) is 0.346. The van der Waals surface area contributed by atoms with Gasteiger partial charge in [-0.2, -0.15) is 0 Å². The summed E-state index contributed by atoms with van der Waals surface area (Å²) in [4.78, 5) is 18.9. The Morgan fingerprint density at radius 2 is 2.25 bits per heavy atom. The van der Waals surface area contributed by atoms with Crippen molar-refractivity contribution in [2.24, 2.45) is 5.92 Å². The van der Waals surface area contributed by atoms with Crippen LogP contribution in [-0.2, 0) is 9.53 Å². The maximum absolute atomic E-state index is 12.3. The quantitative estimate of drug-likeness (QED) is 0.921. The molecule has 1 N–H and O–H groups in total. The van der Waals surface area contributed by atoms with Gasteiger partial charge in [0, 0.05) is 49.8 Å². The molecule has 1 atom stereocenters. The standard InChI is InChI=1S/C14H21N3O2S/c18-13(11-3-7-19-8-4-11)16-12-2-1-6-17(10-12)14-15-5-9-20-14/h5,9,11-12H,1-4,6-8,10H2,(H,16,18). The Kier molecular flexibility index (Phi) is 4.52. The van der Waals surface area contributed by atoms with Crippen LogP contribution in [0.15, 0.2) is 11.6 Å². The summed E-state index contributed by atoms with van der Waals surface area (Å²) in [6, 6.07) is 0.253. The molecule has 1 unspecified atom stereocenters. The third-order valence-electron chi connectivity index (χ3n) is 4.05. The molecule has 2 aliphatic heterocycles. The van der Waals surface area contributed by atoms with Crippen LogP contribution in [0.1, 0.15) is 25.7 Å². The predicted molar refractivity (Wildman–Crippen MR) is 79.0 cm³/mol. The first-order chi connectivity index (χ1) is 9.83. The summed E-state index contributed by atoms with van der Waals surface area (Å²) in [5.41, 5.74) is 0. The molecule has 0 radical (unpaired) electrons. The number of aromatic nitrogens is 1. The fraction of sp³-hybridized carbons (Fsp3) is 0.714. The number of piperidine rings is 1. The minimum Gasteiger partial charge on any atom is -0.381 e. The van der Waals surface area contributed by atoms with Gasteiger partial charge in [-0.15, -0.1) is 11.3 Å². The zero-order chi connectivity index (χ0) is 13.8. The Morgan fingerprint density at radius 1 is 1.40 bits per heavy atom. The van der Waals surface area contributed by atoms with Crippen LogP contribution >= 0.6 is 11.3 Å². The van der Waals surface area contributed by atoms with Gasteiger partial charge in [0.1, 0.15) is 0 Å². The Hall–Kier alpha value is -1.14. The van der Waals surface area contributed by atoms with E-state index in [1.807, 2.05) is 11.6 Å². The molecule has 2 aliphatic rings. The molecule has 2 saturated heterocycles. The van der Waals surface area contributed by atoms with Crippen LogP contribution in [0, 0.1) is 5.92 Å². The van der Waals surface area contributed by atoms with Crippen LogP contribution < -0.4 is 10.2 Å². The summed E-state index contributed by atoms with van der Waals surface area (Å²) >= 11 is 1.66. The predicted octanol–water partition coefficient (Wildman–Crippen LogP) is 1.65. The largest absolute Gasteiger partial charge is 0.381 e. The van der Waals surface area contributed by atoms with E-state index in [0.29, 0.717) is 13.2 Å². The Labute approximate surface area is 123 Å². The molecule has 0 bridgehead atoms. The molecular weight excluding hydrogens is 274 g/mol. The number of hydrogen-bond donors (Lipinski definition) is 1. The number of nitrogens with one attached hydrogen (secondary N) is 1. The fourth-order valence-electron chi connectivity index (χ4n) is 2.92. The lowest BCUT2D eigenvalue weighted by molar-refractivity contribution is -0.128. The Bertz CT molecular complexity index is 432. The Morgan fingerprint density at radius 3 is 3.00 bits per heavy atom. The second kappa shape index (κ2) is 6.54. The summed E-state index contributed by atoms with van der Waals surface area (Å²) in [5, 5.41) is 6.29. The number of thiazole rings is 1. The molecule has 1 amide bonds. The molecule has 0 spiro atoms. The highest BCUT2D eigenvalue weighted by atomic mass is 32.1. The molecule has 0 saturated carbocycles. The summed E-state index contributed by atoms with van der Waals surface area (Å²) in [6.07, 6.45) is 5.73. The third-order valence-corrected chi connectivity index (χ3v) is 4.88. The molecule has 5 nitrogen and oxygen atoms in total. The lowest BCUT2D eigenvalue weighted by atomic mass is 9.98. The van der Waals surface area contributed by atoms with Gasteiger partial charge in [0.05, 0.1) is 0 Å². The number of nitrogens with zero attached hydrogens (tertiary/aromatic N) is 2. The zero-order valence-corrected chi connectivity index (χ0v) is 12.4. The number of carbonyl (C=O) groups excluding carboxylic acids is 1. The monoisotopic (exact) mass is 295 g/mol. The van der Waals surface area contributed by atoms with E-state index in [0.717, 1.165) is 43.9 Å². The van der Waals surface area contributed by atoms with Crippen molar-refractivity contribution in [2.75, 3.05) is 31.2 Å². The normalized spacial score (nSPS) is 24.6. The lowest BCUT2D eigenvalue weighted by Crippen LogP contribution is -2.49. The number of ether oxygens (including phenoxy) is 1. The average molecular weight is 295 g/mol. The molecule has 3 heterocycles. The molecule has 20 heavy (non-hydrogen) atoms. The average Bonchev–Trinajstić information content (AvgIpc) is 3.03. The first kappa shape index (κ1) is 13.8. The van der Waals surface area contributed by atoms with E-state index < -0.39 is 0 Å². The molecule has 1 aromatic heterocycles. The smallest absolute Gasteiger partial charge is 0.223 e. The van der Waals surface area contributed by atoms with Crippen molar-refractivity contribution in [2.45, 2.75) is 31.7 Å². The first-order valence-corrected chi connectivity index (χ1v) is 8.23. The van der Waals surface area contributed by atoms with E-state index in [4.69, 9.17) is 4.74 Å². The third kappa shape index (κ3) is 3.30. The first-order valence-electron chi connectivity index (χ1n) is 7.35. The van der Waals surface area contributed by atoms with Crippen molar-refractivity contribution in [3.05, 3.63) is 11.6 Å². The lowest BCUT2D eigenvalue weighted by Gasteiger charge is -2.34. The van der Waals surface area contributed by atoms with Gasteiger partial charge in [-0.3, -0.25) is 4.79 Å². The van der Waals surface area contributed by atoms with E-state index in [1.54, 1.807) is 11.3 Å². The van der Waals surface area contributed by atoms with Crippen molar-refractivity contribution < 1.29 is 9.53 Å². The highest BCUT2D eigenvalue weighted by Crippen LogP contribution is 2.22. The molecule has 2 fully saturated rings. The van der Waals surface area contributed by atoms with Crippen molar-refractivity contribution >= 4 is 22.4 Å². The van der Waals surface area contributed by atoms with Gasteiger partial charge in [-0.05, 0) is 25.7 Å². The van der Waals surface area contributed by atoms with Crippen LogP contribution in [0.5, 0.6) is 0 Å². The molecule has 110 valence electrons. The molecule has 1 aromatic rings. The number of carbonyl (C=O) groups is 1. The van der Waals surface area contributed by atoms with Gasteiger partial charge in [-0.25, -0.2) is 4.98 Å². The van der Waals surface area contributed by atoms with E-state index >= 15 is 0 Å². The highest BCUT2D eigenvalue weighted by molar-refractivity contribution is 7.13. The van der Waals surface area contributed by atoms with Gasteiger partial charge in [-0.1, -0.05) is 0 Å². The van der Waals surface area contributed by atoms with Gasteiger partial charge in [0.15, 0.2) is 5.13 Å². The molecule has 6 heteroatoms. The maximum atomic E-state index is 12.3. The van der Waals surface area contributed by atoms with Gasteiger partial charge < -0.3 is 15.0 Å². The van der Waals surface area contributed by atoms with E-state index in [-0.39, 0.29) is 17.9 Å². The topological polar surface area (TPSA) is 54.5 Å². The van der Waals surface area contributed by atoms with E-state index in [1.165, 1.54) is 0 Å². The second-order valence-electron chi connectivity index (χ2n) is 5.50. The van der Waals surface area contributed by atoms with Gasteiger partial charge in [0.25, 0.3) is 0 Å². The summed E-state index contributed by atoms with van der Waals surface area (Å²) in [7, 11) is 0. The number of hydrogen-bond acceptors (Lipinski definition) is 5. The van der Waals surface area contributed by atoms with Crippen molar-refractivity contribution in [1.82, 2.24) is 10.3 Å². The van der Waals surface area contributed by atoms with E-state index in [2.05, 4.69) is 15.2 Å². The maximum Gasteiger partial charge on any atom is 0.223 e. The SMILES string of the molecule is O=C(NC1CCCN(c2nccs2)C1)C1CCOCC1. The summed E-state index contributed by atoms with van der Waals surface area (Å²) < 4.78 is 5.31. The van der Waals surface area contributed by atoms with Crippen LogP contribution in [-0.4, -0.2) is 43.2 Å². The summed E-state index contributed by atoms with van der Waals surface area (Å²) in [6.45, 7) is 3.35. The Balaban J connectivity index is 1.53. The molecule has 0 aromatic carbocycles. The molecule has 0 aliphatic carbocycles. The number of anilines is 1. The molecular formula is C14H21N3O2S. The van der Waals surface area contributed by atoms with Crippen LogP contribution in [0.25, 0.3) is 0 Å². The minimum absolute atomic E-state index is 0.138. The van der Waals surface area contributed by atoms with Crippen LogP contribution in [0.4, 0.5) is 5.13 Å². The van der Waals surface area contributed by atoms with E-state index in [9.17, 15) is 4.79 Å². The van der Waals surface area contributed by atoms with Gasteiger partial charge in [0.2, 0.25) is 5.91 Å². The van der Waals surface area contributed by atoms with Crippen LogP contribution in [0.3, 0.4) is 0 Å². The molecule has 3 rings (SSSR count). The van der Waals surface area contributed by atoms with Crippen molar-refractivity contribution in [3.8, 4) is 0 Å².